The highest BCUT2D eigenvalue weighted by molar-refractivity contribution is 6.01. The average molecular weight is 469 g/mol. The van der Waals surface area contributed by atoms with E-state index >= 15 is 0 Å². The highest BCUT2D eigenvalue weighted by Crippen LogP contribution is 2.41. The summed E-state index contributed by atoms with van der Waals surface area (Å²) < 4.78 is 0. The fourth-order valence-electron chi connectivity index (χ4n) is 5.34. The number of rotatable bonds is 5. The van der Waals surface area contributed by atoms with Gasteiger partial charge in [-0.2, -0.15) is 0 Å². The number of fused-ring (bicyclic) bond motifs is 1. The second-order valence-electron chi connectivity index (χ2n) is 9.74. The number of aryl methyl sites for hydroxylation is 1. The molecule has 1 aliphatic carbocycles. The van der Waals surface area contributed by atoms with E-state index in [0.717, 1.165) is 66.8 Å². The minimum atomic E-state index is -0.899. The summed E-state index contributed by atoms with van der Waals surface area (Å²) in [5, 5.41) is 19.3. The van der Waals surface area contributed by atoms with Gasteiger partial charge in [0, 0.05) is 37.9 Å². The summed E-state index contributed by atoms with van der Waals surface area (Å²) in [6.45, 7) is 8.72. The van der Waals surface area contributed by atoms with Gasteiger partial charge < -0.3 is 15.1 Å². The molecule has 2 N–H and O–H groups in total. The quantitative estimate of drug-likeness (QED) is 0.516. The average Bonchev–Trinajstić information content (AvgIpc) is 2.88. The monoisotopic (exact) mass is 468 g/mol. The van der Waals surface area contributed by atoms with Gasteiger partial charge in [-0.1, -0.05) is 30.3 Å². The van der Waals surface area contributed by atoms with Gasteiger partial charge in [0.2, 0.25) is 0 Å². The summed E-state index contributed by atoms with van der Waals surface area (Å²) in [5.41, 5.74) is 8.29. The first kappa shape index (κ1) is 23.2. The molecule has 180 valence electrons. The van der Waals surface area contributed by atoms with Crippen molar-refractivity contribution in [3.05, 3.63) is 94.5 Å². The van der Waals surface area contributed by atoms with Crippen LogP contribution in [0.15, 0.2) is 66.7 Å². The molecule has 5 nitrogen and oxygen atoms in total. The fourth-order valence-corrected chi connectivity index (χ4v) is 5.34. The lowest BCUT2D eigenvalue weighted by Gasteiger charge is -2.38. The number of aromatic hydroxyl groups is 1. The summed E-state index contributed by atoms with van der Waals surface area (Å²) in [7, 11) is 0. The molecule has 3 aromatic rings. The molecule has 1 saturated heterocycles. The Morgan fingerprint density at radius 3 is 2.11 bits per heavy atom. The summed E-state index contributed by atoms with van der Waals surface area (Å²) in [6, 6.07) is 22.2. The summed E-state index contributed by atoms with van der Waals surface area (Å²) >= 11 is 0. The van der Waals surface area contributed by atoms with E-state index in [1.807, 2.05) is 24.3 Å². The van der Waals surface area contributed by atoms with Gasteiger partial charge in [0.05, 0.1) is 5.56 Å². The van der Waals surface area contributed by atoms with Gasteiger partial charge >= 0.3 is 5.97 Å². The normalized spacial score (nSPS) is 16.5. The first-order chi connectivity index (χ1) is 16.9. The third-order valence-corrected chi connectivity index (χ3v) is 7.35. The SMILES string of the molecule is CC(C)N1CCN(c2ccc(C3=C(c4ccc(O)cc4)CCc4cc(C(=O)O)ccc43)cc2)CC1. The van der Waals surface area contributed by atoms with Crippen LogP contribution in [0.3, 0.4) is 0 Å². The minimum Gasteiger partial charge on any atom is -0.508 e. The molecular formula is C30H32N2O3. The number of benzene rings is 3. The highest BCUT2D eigenvalue weighted by atomic mass is 16.4. The summed E-state index contributed by atoms with van der Waals surface area (Å²) in [4.78, 5) is 16.5. The standard InChI is InChI=1S/C30H32N2O3/c1-20(2)31-15-17-32(18-16-31)25-9-3-22(4-10-25)29-27(21-5-11-26(33)12-6-21)13-7-23-19-24(30(34)35)8-14-28(23)29/h3-6,8-12,14,19-20,33H,7,13,15-18H2,1-2H3,(H,34,35). The van der Waals surface area contributed by atoms with Crippen molar-refractivity contribution in [2.75, 3.05) is 31.1 Å². The summed E-state index contributed by atoms with van der Waals surface area (Å²) in [5.74, 6) is -0.648. The second-order valence-corrected chi connectivity index (χ2v) is 9.74. The molecule has 2 aliphatic rings. The molecule has 5 heteroatoms. The zero-order valence-electron chi connectivity index (χ0n) is 20.4. The molecule has 1 aliphatic heterocycles. The number of hydrogen-bond donors (Lipinski definition) is 2. The third kappa shape index (κ3) is 4.69. The number of carbonyl (C=O) groups is 1. The molecule has 0 saturated carbocycles. The number of piperazine rings is 1. The Balaban J connectivity index is 1.53. The minimum absolute atomic E-state index is 0.250. The van der Waals surface area contributed by atoms with Crippen LogP contribution in [0, 0.1) is 0 Å². The molecule has 3 aromatic carbocycles. The smallest absolute Gasteiger partial charge is 0.335 e. The number of carboxylic acid groups (broad SMARTS) is 1. The van der Waals surface area contributed by atoms with Gasteiger partial charge in [-0.15, -0.1) is 0 Å². The molecule has 35 heavy (non-hydrogen) atoms. The van der Waals surface area contributed by atoms with Crippen LogP contribution in [-0.4, -0.2) is 53.3 Å². The molecule has 0 atom stereocenters. The van der Waals surface area contributed by atoms with Crippen LogP contribution in [0.25, 0.3) is 11.1 Å². The Hall–Kier alpha value is -3.57. The van der Waals surface area contributed by atoms with Gasteiger partial charge in [0.15, 0.2) is 0 Å². The molecule has 1 heterocycles. The first-order valence-corrected chi connectivity index (χ1v) is 12.4. The molecule has 1 fully saturated rings. The molecular weight excluding hydrogens is 436 g/mol. The Bertz CT molecular complexity index is 1250. The molecule has 0 radical (unpaired) electrons. The predicted molar refractivity (Wildman–Crippen MR) is 141 cm³/mol. The topological polar surface area (TPSA) is 64.0 Å². The first-order valence-electron chi connectivity index (χ1n) is 12.4. The number of phenols is 1. The fraction of sp³-hybridized carbons (Fsp3) is 0.300. The molecule has 0 bridgehead atoms. The van der Waals surface area contributed by atoms with E-state index in [1.54, 1.807) is 18.2 Å². The van der Waals surface area contributed by atoms with Crippen molar-refractivity contribution in [3.8, 4) is 5.75 Å². The van der Waals surface area contributed by atoms with E-state index in [2.05, 4.69) is 47.9 Å². The van der Waals surface area contributed by atoms with Crippen LogP contribution >= 0.6 is 0 Å². The number of carboxylic acids is 1. The number of anilines is 1. The van der Waals surface area contributed by atoms with Crippen LogP contribution < -0.4 is 4.90 Å². The molecule has 5 rings (SSSR count). The Morgan fingerprint density at radius 2 is 1.49 bits per heavy atom. The van der Waals surface area contributed by atoms with Gasteiger partial charge in [0.1, 0.15) is 5.75 Å². The van der Waals surface area contributed by atoms with E-state index in [1.165, 1.54) is 11.3 Å². The van der Waals surface area contributed by atoms with Crippen LogP contribution in [0.1, 0.15) is 52.9 Å². The maximum absolute atomic E-state index is 11.6. The van der Waals surface area contributed by atoms with E-state index in [9.17, 15) is 15.0 Å². The van der Waals surface area contributed by atoms with E-state index in [-0.39, 0.29) is 5.75 Å². The number of allylic oxidation sites excluding steroid dienone is 1. The lowest BCUT2D eigenvalue weighted by molar-refractivity contribution is 0.0696. The summed E-state index contributed by atoms with van der Waals surface area (Å²) in [6.07, 6.45) is 1.60. The predicted octanol–water partition coefficient (Wildman–Crippen LogP) is 5.53. The molecule has 0 spiro atoms. The number of nitrogens with zero attached hydrogens (tertiary/aromatic N) is 2. The van der Waals surface area contributed by atoms with Crippen molar-refractivity contribution in [3.63, 3.8) is 0 Å². The van der Waals surface area contributed by atoms with Crippen LogP contribution in [0.5, 0.6) is 5.75 Å². The second kappa shape index (κ2) is 9.59. The zero-order valence-corrected chi connectivity index (χ0v) is 20.4. The van der Waals surface area contributed by atoms with Crippen molar-refractivity contribution in [2.45, 2.75) is 32.7 Å². The van der Waals surface area contributed by atoms with Crippen LogP contribution in [0.4, 0.5) is 5.69 Å². The van der Waals surface area contributed by atoms with E-state index in [0.29, 0.717) is 11.6 Å². The Labute approximate surface area is 206 Å². The lowest BCUT2D eigenvalue weighted by atomic mass is 9.79. The Morgan fingerprint density at radius 1 is 0.829 bits per heavy atom. The third-order valence-electron chi connectivity index (χ3n) is 7.35. The molecule has 0 aromatic heterocycles. The Kier molecular flexibility index (Phi) is 6.35. The van der Waals surface area contributed by atoms with Crippen molar-refractivity contribution in [2.24, 2.45) is 0 Å². The number of aromatic carboxylic acids is 1. The number of phenolic OH excluding ortho intramolecular Hbond substituents is 1. The van der Waals surface area contributed by atoms with Crippen molar-refractivity contribution < 1.29 is 15.0 Å². The van der Waals surface area contributed by atoms with Gasteiger partial charge in [-0.05, 0) is 96.5 Å². The lowest BCUT2D eigenvalue weighted by Crippen LogP contribution is -2.48. The van der Waals surface area contributed by atoms with E-state index < -0.39 is 5.97 Å². The van der Waals surface area contributed by atoms with Crippen LogP contribution in [-0.2, 0) is 6.42 Å². The largest absolute Gasteiger partial charge is 0.508 e. The highest BCUT2D eigenvalue weighted by Gasteiger charge is 2.24. The van der Waals surface area contributed by atoms with Gasteiger partial charge in [0.25, 0.3) is 0 Å². The van der Waals surface area contributed by atoms with Crippen LogP contribution in [0.2, 0.25) is 0 Å². The maximum atomic E-state index is 11.6. The van der Waals surface area contributed by atoms with E-state index in [4.69, 9.17) is 0 Å². The van der Waals surface area contributed by atoms with Crippen molar-refractivity contribution in [1.29, 1.82) is 0 Å². The molecule has 0 unspecified atom stereocenters. The maximum Gasteiger partial charge on any atom is 0.335 e. The zero-order chi connectivity index (χ0) is 24.5. The van der Waals surface area contributed by atoms with Crippen molar-refractivity contribution in [1.82, 2.24) is 4.90 Å². The van der Waals surface area contributed by atoms with Gasteiger partial charge in [-0.3, -0.25) is 4.90 Å². The number of hydrogen-bond acceptors (Lipinski definition) is 4. The van der Waals surface area contributed by atoms with Gasteiger partial charge in [-0.25, -0.2) is 4.79 Å². The molecule has 0 amide bonds. The van der Waals surface area contributed by atoms with Crippen molar-refractivity contribution >= 4 is 22.8 Å².